The Morgan fingerprint density at radius 1 is 1.39 bits per heavy atom. The summed E-state index contributed by atoms with van der Waals surface area (Å²) >= 11 is 0. The highest BCUT2D eigenvalue weighted by atomic mass is 16.5. The zero-order valence-electron chi connectivity index (χ0n) is 10.4. The lowest BCUT2D eigenvalue weighted by molar-refractivity contribution is -0.135. The van der Waals surface area contributed by atoms with Crippen LogP contribution >= 0.6 is 0 Å². The van der Waals surface area contributed by atoms with E-state index in [2.05, 4.69) is 6.07 Å². The molecule has 0 aromatic rings. The molecule has 18 heavy (non-hydrogen) atoms. The van der Waals surface area contributed by atoms with Crippen LogP contribution in [-0.2, 0) is 9.53 Å². The Bertz CT molecular complexity index is 386. The van der Waals surface area contributed by atoms with E-state index in [-0.39, 0.29) is 17.9 Å². The minimum atomic E-state index is -0.455. The van der Waals surface area contributed by atoms with Crippen LogP contribution < -0.4 is 5.73 Å². The predicted molar refractivity (Wildman–Crippen MR) is 64.3 cm³/mol. The Morgan fingerprint density at radius 2 is 2.11 bits per heavy atom. The summed E-state index contributed by atoms with van der Waals surface area (Å²) in [7, 11) is 0. The van der Waals surface area contributed by atoms with Crippen molar-refractivity contribution >= 4 is 5.91 Å². The second-order valence-corrected chi connectivity index (χ2v) is 5.66. The number of nitrogens with two attached hydrogens (primary N) is 1. The molecule has 0 aromatic carbocycles. The van der Waals surface area contributed by atoms with Gasteiger partial charge in [0.05, 0.1) is 12.1 Å². The molecule has 4 atom stereocenters. The zero-order chi connectivity index (χ0) is 12.7. The van der Waals surface area contributed by atoms with Crippen molar-refractivity contribution in [3.63, 3.8) is 0 Å². The van der Waals surface area contributed by atoms with Gasteiger partial charge in [0, 0.05) is 19.3 Å². The number of nitrogens with zero attached hydrogens (tertiary/aromatic N) is 2. The maximum atomic E-state index is 12.5. The summed E-state index contributed by atoms with van der Waals surface area (Å²) in [5.74, 6) is 0.752. The van der Waals surface area contributed by atoms with Crippen LogP contribution in [0.2, 0.25) is 0 Å². The molecular weight excluding hydrogens is 230 g/mol. The van der Waals surface area contributed by atoms with Crippen molar-refractivity contribution in [2.75, 3.05) is 13.2 Å². The molecule has 3 fully saturated rings. The number of amides is 1. The molecule has 98 valence electrons. The Labute approximate surface area is 107 Å². The number of fused-ring (bicyclic) bond motifs is 1. The topological polar surface area (TPSA) is 79.4 Å². The van der Waals surface area contributed by atoms with Crippen LogP contribution in [0.3, 0.4) is 0 Å². The lowest BCUT2D eigenvalue weighted by Gasteiger charge is -2.31. The molecule has 2 heterocycles. The van der Waals surface area contributed by atoms with E-state index in [1.807, 2.05) is 0 Å². The molecule has 0 spiro atoms. The molecule has 5 nitrogen and oxygen atoms in total. The minimum absolute atomic E-state index is 0.0153. The summed E-state index contributed by atoms with van der Waals surface area (Å²) in [6.07, 6.45) is 3.61. The van der Waals surface area contributed by atoms with Gasteiger partial charge in [0.1, 0.15) is 6.04 Å². The van der Waals surface area contributed by atoms with Crippen molar-refractivity contribution in [3.8, 4) is 6.07 Å². The largest absolute Gasteiger partial charge is 0.381 e. The molecule has 2 saturated heterocycles. The van der Waals surface area contributed by atoms with Crippen LogP contribution in [0, 0.1) is 23.2 Å². The van der Waals surface area contributed by atoms with Crippen LogP contribution in [0.5, 0.6) is 0 Å². The molecule has 2 unspecified atom stereocenters. The lowest BCUT2D eigenvalue weighted by atomic mass is 9.91. The Kier molecular flexibility index (Phi) is 3.00. The van der Waals surface area contributed by atoms with E-state index in [1.54, 1.807) is 4.90 Å². The highest BCUT2D eigenvalue weighted by Crippen LogP contribution is 2.48. The molecule has 3 aliphatic rings. The average molecular weight is 249 g/mol. The standard InChI is InChI=1S/C13H19N3O2/c14-7-10-5-9-6-11(9)16(10)13(17)12(15)8-1-3-18-4-2-8/h8-12H,1-6,15H2/t9-,10?,11+,12?/m1/s1. The first-order valence-electron chi connectivity index (χ1n) is 6.77. The van der Waals surface area contributed by atoms with E-state index in [1.165, 1.54) is 0 Å². The Hall–Kier alpha value is -1.12. The van der Waals surface area contributed by atoms with Crippen LogP contribution in [0.4, 0.5) is 0 Å². The van der Waals surface area contributed by atoms with E-state index in [0.29, 0.717) is 25.2 Å². The van der Waals surface area contributed by atoms with E-state index < -0.39 is 6.04 Å². The summed E-state index contributed by atoms with van der Waals surface area (Å²) in [5.41, 5.74) is 6.11. The fourth-order valence-electron chi connectivity index (χ4n) is 3.34. The van der Waals surface area contributed by atoms with Crippen molar-refractivity contribution in [1.29, 1.82) is 5.26 Å². The normalized spacial score (nSPS) is 36.9. The molecular formula is C13H19N3O2. The molecule has 0 bridgehead atoms. The summed E-state index contributed by atoms with van der Waals surface area (Å²) < 4.78 is 5.29. The molecule has 1 aliphatic carbocycles. The average Bonchev–Trinajstić information content (AvgIpc) is 3.09. The van der Waals surface area contributed by atoms with Gasteiger partial charge >= 0.3 is 0 Å². The number of likely N-dealkylation sites (tertiary alicyclic amines) is 1. The smallest absolute Gasteiger partial charge is 0.241 e. The van der Waals surface area contributed by atoms with Crippen LogP contribution in [0.1, 0.15) is 25.7 Å². The van der Waals surface area contributed by atoms with Crippen molar-refractivity contribution in [1.82, 2.24) is 4.90 Å². The number of nitriles is 1. The number of hydrogen-bond acceptors (Lipinski definition) is 4. The van der Waals surface area contributed by atoms with Gasteiger partial charge in [-0.2, -0.15) is 5.26 Å². The van der Waals surface area contributed by atoms with Crippen molar-refractivity contribution in [2.24, 2.45) is 17.6 Å². The molecule has 0 aromatic heterocycles. The number of piperidine rings is 1. The van der Waals surface area contributed by atoms with Crippen LogP contribution in [0.25, 0.3) is 0 Å². The van der Waals surface area contributed by atoms with Gasteiger partial charge < -0.3 is 15.4 Å². The maximum absolute atomic E-state index is 12.5. The third-order valence-corrected chi connectivity index (χ3v) is 4.57. The van der Waals surface area contributed by atoms with Gasteiger partial charge in [0.25, 0.3) is 0 Å². The lowest BCUT2D eigenvalue weighted by Crippen LogP contribution is -2.51. The molecule has 2 aliphatic heterocycles. The van der Waals surface area contributed by atoms with Crippen molar-refractivity contribution < 1.29 is 9.53 Å². The van der Waals surface area contributed by atoms with E-state index in [9.17, 15) is 4.79 Å². The van der Waals surface area contributed by atoms with Gasteiger partial charge in [0.2, 0.25) is 5.91 Å². The van der Waals surface area contributed by atoms with Gasteiger partial charge in [-0.3, -0.25) is 4.79 Å². The van der Waals surface area contributed by atoms with E-state index >= 15 is 0 Å². The summed E-state index contributed by atoms with van der Waals surface area (Å²) in [5, 5.41) is 9.11. The predicted octanol–water partition coefficient (Wildman–Crippen LogP) is 0.253. The number of ether oxygens (including phenoxy) is 1. The molecule has 5 heteroatoms. The third kappa shape index (κ3) is 1.90. The molecule has 1 saturated carbocycles. The SMILES string of the molecule is N#CC1C[C@@H]2C[C@@H]2N1C(=O)C(N)C1CCOCC1. The van der Waals surface area contributed by atoms with Gasteiger partial charge in [-0.05, 0) is 37.5 Å². The van der Waals surface area contributed by atoms with Crippen LogP contribution in [0.15, 0.2) is 0 Å². The molecule has 3 rings (SSSR count). The van der Waals surface area contributed by atoms with Gasteiger partial charge in [-0.25, -0.2) is 0 Å². The molecule has 0 radical (unpaired) electrons. The van der Waals surface area contributed by atoms with Crippen molar-refractivity contribution in [3.05, 3.63) is 0 Å². The summed E-state index contributed by atoms with van der Waals surface area (Å²) in [6, 6.07) is 1.84. The maximum Gasteiger partial charge on any atom is 0.241 e. The highest BCUT2D eigenvalue weighted by Gasteiger charge is 2.55. The van der Waals surface area contributed by atoms with Gasteiger partial charge in [-0.15, -0.1) is 0 Å². The first-order chi connectivity index (χ1) is 8.72. The Balaban J connectivity index is 1.68. The van der Waals surface area contributed by atoms with E-state index in [0.717, 1.165) is 25.7 Å². The first-order valence-corrected chi connectivity index (χ1v) is 6.77. The minimum Gasteiger partial charge on any atom is -0.381 e. The number of rotatable bonds is 2. The van der Waals surface area contributed by atoms with Gasteiger partial charge in [0.15, 0.2) is 0 Å². The Morgan fingerprint density at radius 3 is 2.78 bits per heavy atom. The quantitative estimate of drug-likeness (QED) is 0.761. The summed E-state index contributed by atoms with van der Waals surface area (Å²) in [4.78, 5) is 14.2. The first kappa shape index (κ1) is 11.9. The second-order valence-electron chi connectivity index (χ2n) is 5.66. The van der Waals surface area contributed by atoms with Crippen LogP contribution in [-0.4, -0.2) is 42.1 Å². The fourth-order valence-corrected chi connectivity index (χ4v) is 3.34. The number of hydrogen-bond donors (Lipinski definition) is 1. The monoisotopic (exact) mass is 249 g/mol. The van der Waals surface area contributed by atoms with Crippen molar-refractivity contribution in [2.45, 2.75) is 43.8 Å². The molecule has 1 amide bonds. The second kappa shape index (κ2) is 4.52. The van der Waals surface area contributed by atoms with Gasteiger partial charge in [-0.1, -0.05) is 0 Å². The summed E-state index contributed by atoms with van der Waals surface area (Å²) in [6.45, 7) is 1.39. The highest BCUT2D eigenvalue weighted by molar-refractivity contribution is 5.83. The third-order valence-electron chi connectivity index (χ3n) is 4.57. The fraction of sp³-hybridized carbons (Fsp3) is 0.846. The van der Waals surface area contributed by atoms with E-state index in [4.69, 9.17) is 15.7 Å². The number of carbonyl (C=O) groups excluding carboxylic acids is 1. The zero-order valence-corrected chi connectivity index (χ0v) is 10.4. The number of carbonyl (C=O) groups is 1. The molecule has 2 N–H and O–H groups in total.